The quantitative estimate of drug-likeness (QED) is 0.683. The summed E-state index contributed by atoms with van der Waals surface area (Å²) < 4.78 is 5.60. The zero-order chi connectivity index (χ0) is 12.7. The van der Waals surface area contributed by atoms with E-state index in [0.29, 0.717) is 6.54 Å². The molecule has 2 N–H and O–H groups in total. The third kappa shape index (κ3) is 4.92. The van der Waals surface area contributed by atoms with Crippen molar-refractivity contribution < 1.29 is 4.74 Å². The molecule has 1 aliphatic rings. The summed E-state index contributed by atoms with van der Waals surface area (Å²) in [4.78, 5) is 4.94. The van der Waals surface area contributed by atoms with Crippen molar-refractivity contribution in [3.63, 3.8) is 0 Å². The molecule has 2 unspecified atom stereocenters. The lowest BCUT2D eigenvalue weighted by Gasteiger charge is -2.29. The molecule has 0 aromatic carbocycles. The van der Waals surface area contributed by atoms with Gasteiger partial charge < -0.3 is 15.4 Å². The Morgan fingerprint density at radius 2 is 2.24 bits per heavy atom. The number of rotatable bonds is 8. The molecule has 0 aliphatic carbocycles. The van der Waals surface area contributed by atoms with Crippen LogP contribution in [-0.2, 0) is 4.74 Å². The number of hydrogen-bond acceptors (Lipinski definition) is 4. The lowest BCUT2D eigenvalue weighted by Crippen LogP contribution is -2.43. The predicted octanol–water partition coefficient (Wildman–Crippen LogP) is 0.766. The summed E-state index contributed by atoms with van der Waals surface area (Å²) in [5.74, 6) is 0. The smallest absolute Gasteiger partial charge is 0.0823 e. The van der Waals surface area contributed by atoms with E-state index in [4.69, 9.17) is 10.5 Å². The number of ether oxygens (including phenoxy) is 1. The predicted molar refractivity (Wildman–Crippen MR) is 72.2 cm³/mol. The van der Waals surface area contributed by atoms with Gasteiger partial charge in [-0.25, -0.2) is 0 Å². The van der Waals surface area contributed by atoms with E-state index in [1.165, 1.54) is 25.9 Å². The van der Waals surface area contributed by atoms with E-state index in [1.807, 2.05) is 6.92 Å². The largest absolute Gasteiger partial charge is 0.376 e. The molecule has 1 fully saturated rings. The monoisotopic (exact) mass is 243 g/mol. The molecule has 0 aromatic rings. The summed E-state index contributed by atoms with van der Waals surface area (Å²) in [6.45, 7) is 10.2. The van der Waals surface area contributed by atoms with Gasteiger partial charge in [0.25, 0.3) is 0 Å². The molecule has 1 aliphatic heterocycles. The van der Waals surface area contributed by atoms with Crippen LogP contribution in [0.2, 0.25) is 0 Å². The summed E-state index contributed by atoms with van der Waals surface area (Å²) in [6, 6.07) is 0.727. The van der Waals surface area contributed by atoms with Crippen molar-refractivity contribution in [1.82, 2.24) is 9.80 Å². The van der Waals surface area contributed by atoms with Crippen LogP contribution in [0.1, 0.15) is 26.7 Å². The van der Waals surface area contributed by atoms with Gasteiger partial charge in [-0.2, -0.15) is 0 Å². The van der Waals surface area contributed by atoms with Crippen molar-refractivity contribution in [2.75, 3.05) is 46.4 Å². The lowest BCUT2D eigenvalue weighted by atomic mass is 10.2. The Hall–Kier alpha value is -0.160. The average Bonchev–Trinajstić information content (AvgIpc) is 2.75. The van der Waals surface area contributed by atoms with Gasteiger partial charge in [0.1, 0.15) is 0 Å². The van der Waals surface area contributed by atoms with Crippen LogP contribution < -0.4 is 5.73 Å². The Labute approximate surface area is 106 Å². The van der Waals surface area contributed by atoms with Crippen molar-refractivity contribution in [2.24, 2.45) is 5.73 Å². The Balaban J connectivity index is 2.29. The fourth-order valence-electron chi connectivity index (χ4n) is 2.73. The highest BCUT2D eigenvalue weighted by atomic mass is 16.5. The number of hydrogen-bond donors (Lipinski definition) is 1. The van der Waals surface area contributed by atoms with Crippen LogP contribution in [0, 0.1) is 0 Å². The van der Waals surface area contributed by atoms with Gasteiger partial charge in [-0.1, -0.05) is 6.92 Å². The Morgan fingerprint density at radius 3 is 2.82 bits per heavy atom. The fourth-order valence-corrected chi connectivity index (χ4v) is 2.73. The number of likely N-dealkylation sites (tertiary alicyclic amines) is 1. The molecule has 0 spiro atoms. The molecule has 1 saturated heterocycles. The van der Waals surface area contributed by atoms with Gasteiger partial charge in [0.2, 0.25) is 0 Å². The van der Waals surface area contributed by atoms with Crippen molar-refractivity contribution in [1.29, 1.82) is 0 Å². The first-order valence-electron chi connectivity index (χ1n) is 6.95. The molecule has 2 atom stereocenters. The summed E-state index contributed by atoms with van der Waals surface area (Å²) in [6.07, 6.45) is 2.86. The van der Waals surface area contributed by atoms with Crippen LogP contribution in [0.25, 0.3) is 0 Å². The number of nitrogens with zero attached hydrogens (tertiary/aromatic N) is 2. The maximum atomic E-state index is 5.71. The minimum atomic E-state index is 0.182. The minimum absolute atomic E-state index is 0.182. The van der Waals surface area contributed by atoms with Crippen LogP contribution in [-0.4, -0.2) is 68.3 Å². The molecular weight excluding hydrogens is 214 g/mol. The first kappa shape index (κ1) is 14.9. The molecule has 17 heavy (non-hydrogen) atoms. The maximum Gasteiger partial charge on any atom is 0.0823 e. The summed E-state index contributed by atoms with van der Waals surface area (Å²) in [5, 5.41) is 0. The summed E-state index contributed by atoms with van der Waals surface area (Å²) in [5.41, 5.74) is 5.71. The minimum Gasteiger partial charge on any atom is -0.376 e. The highest BCUT2D eigenvalue weighted by Crippen LogP contribution is 2.17. The van der Waals surface area contributed by atoms with E-state index in [1.54, 1.807) is 0 Å². The lowest BCUT2D eigenvalue weighted by molar-refractivity contribution is 0.0402. The molecular formula is C13H29N3O. The van der Waals surface area contributed by atoms with Gasteiger partial charge in [-0.15, -0.1) is 0 Å². The topological polar surface area (TPSA) is 41.7 Å². The zero-order valence-electron chi connectivity index (χ0n) is 11.7. The fraction of sp³-hybridized carbons (Fsp3) is 1.00. The molecule has 0 radical (unpaired) electrons. The van der Waals surface area contributed by atoms with Gasteiger partial charge >= 0.3 is 0 Å². The van der Waals surface area contributed by atoms with E-state index in [0.717, 1.165) is 25.7 Å². The maximum absolute atomic E-state index is 5.71. The molecule has 4 nitrogen and oxygen atoms in total. The molecule has 0 saturated carbocycles. The summed E-state index contributed by atoms with van der Waals surface area (Å²) >= 11 is 0. The van der Waals surface area contributed by atoms with Gasteiger partial charge in [0, 0.05) is 32.3 Å². The van der Waals surface area contributed by atoms with Crippen molar-refractivity contribution in [2.45, 2.75) is 38.8 Å². The highest BCUT2D eigenvalue weighted by molar-refractivity contribution is 4.81. The third-order valence-electron chi connectivity index (χ3n) is 3.61. The standard InChI is InChI=1S/C13H29N3O/c1-4-16-8-6-7-12(16)10-15(3)11-13(9-14)17-5-2/h12-13H,4-11,14H2,1-3H3. The van der Waals surface area contributed by atoms with Crippen LogP contribution in [0.4, 0.5) is 0 Å². The van der Waals surface area contributed by atoms with E-state index in [9.17, 15) is 0 Å². The molecule has 0 aromatic heterocycles. The van der Waals surface area contributed by atoms with Crippen molar-refractivity contribution >= 4 is 0 Å². The second-order valence-corrected chi connectivity index (χ2v) is 4.96. The van der Waals surface area contributed by atoms with E-state index < -0.39 is 0 Å². The highest BCUT2D eigenvalue weighted by Gasteiger charge is 2.24. The number of likely N-dealkylation sites (N-methyl/N-ethyl adjacent to an activating group) is 2. The van der Waals surface area contributed by atoms with Gasteiger partial charge in [0.15, 0.2) is 0 Å². The molecule has 4 heteroatoms. The molecule has 1 rings (SSSR count). The molecule has 102 valence electrons. The van der Waals surface area contributed by atoms with E-state index in [-0.39, 0.29) is 6.10 Å². The Kier molecular flexibility index (Phi) is 7.04. The van der Waals surface area contributed by atoms with Crippen LogP contribution in [0.15, 0.2) is 0 Å². The molecule has 0 bridgehead atoms. The van der Waals surface area contributed by atoms with Crippen LogP contribution in [0.5, 0.6) is 0 Å². The second-order valence-electron chi connectivity index (χ2n) is 4.96. The van der Waals surface area contributed by atoms with Crippen molar-refractivity contribution in [3.8, 4) is 0 Å². The van der Waals surface area contributed by atoms with Crippen molar-refractivity contribution in [3.05, 3.63) is 0 Å². The summed E-state index contributed by atoms with van der Waals surface area (Å²) in [7, 11) is 2.17. The van der Waals surface area contributed by atoms with Gasteiger partial charge in [-0.05, 0) is 39.9 Å². The average molecular weight is 243 g/mol. The number of nitrogens with two attached hydrogens (primary N) is 1. The Bertz CT molecular complexity index is 201. The zero-order valence-corrected chi connectivity index (χ0v) is 11.7. The van der Waals surface area contributed by atoms with Gasteiger partial charge in [0.05, 0.1) is 6.10 Å². The third-order valence-corrected chi connectivity index (χ3v) is 3.61. The van der Waals surface area contributed by atoms with Gasteiger partial charge in [-0.3, -0.25) is 4.90 Å². The van der Waals surface area contributed by atoms with E-state index >= 15 is 0 Å². The first-order chi connectivity index (χ1) is 8.21. The first-order valence-corrected chi connectivity index (χ1v) is 6.95. The van der Waals surface area contributed by atoms with Crippen LogP contribution in [0.3, 0.4) is 0 Å². The van der Waals surface area contributed by atoms with E-state index in [2.05, 4.69) is 23.8 Å². The molecule has 1 heterocycles. The SMILES string of the molecule is CCOC(CN)CN(C)CC1CCCN1CC. The Morgan fingerprint density at radius 1 is 1.47 bits per heavy atom. The normalized spacial score (nSPS) is 23.5. The second kappa shape index (κ2) is 8.03. The van der Waals surface area contributed by atoms with Crippen LogP contribution >= 0.6 is 0 Å². The molecule has 0 amide bonds.